The Balaban J connectivity index is 1.90. The molecule has 3 rings (SSSR count). The number of carbonyl (C=O) groups is 1. The van der Waals surface area contributed by atoms with Gasteiger partial charge in [-0.2, -0.15) is 0 Å². The Bertz CT molecular complexity index is 623. The zero-order chi connectivity index (χ0) is 13.3. The van der Waals surface area contributed by atoms with Crippen LogP contribution in [0, 0.1) is 0 Å². The van der Waals surface area contributed by atoms with Crippen LogP contribution >= 0.6 is 0 Å². The second-order valence-electron chi connectivity index (χ2n) is 5.35. The van der Waals surface area contributed by atoms with E-state index in [1.54, 1.807) is 0 Å². The normalized spacial score (nSPS) is 22.7. The molecule has 1 atom stereocenters. The third-order valence-electron chi connectivity index (χ3n) is 4.09. The van der Waals surface area contributed by atoms with Gasteiger partial charge in [0.15, 0.2) is 0 Å². The molecule has 1 amide bonds. The second-order valence-corrected chi connectivity index (χ2v) is 5.35. The first-order valence-corrected chi connectivity index (χ1v) is 6.86. The maximum absolute atomic E-state index is 11.5. The Kier molecular flexibility index (Phi) is 2.97. The van der Waals surface area contributed by atoms with Gasteiger partial charge in [-0.3, -0.25) is 9.78 Å². The first-order valence-electron chi connectivity index (χ1n) is 6.86. The largest absolute Gasteiger partial charge is 0.350 e. The average molecular weight is 254 g/mol. The van der Waals surface area contributed by atoms with E-state index in [1.165, 1.54) is 0 Å². The molecule has 1 unspecified atom stereocenters. The highest BCUT2D eigenvalue weighted by Gasteiger charge is 2.36. The summed E-state index contributed by atoms with van der Waals surface area (Å²) in [6, 6.07) is 12.3. The maximum atomic E-state index is 11.5. The van der Waals surface area contributed by atoms with E-state index in [4.69, 9.17) is 4.98 Å². The van der Waals surface area contributed by atoms with E-state index in [9.17, 15) is 4.79 Å². The Morgan fingerprint density at radius 3 is 2.84 bits per heavy atom. The van der Waals surface area contributed by atoms with Gasteiger partial charge in [0.2, 0.25) is 5.91 Å². The van der Waals surface area contributed by atoms with Crippen molar-refractivity contribution < 1.29 is 4.79 Å². The van der Waals surface area contributed by atoms with Crippen LogP contribution in [-0.4, -0.2) is 16.4 Å². The summed E-state index contributed by atoms with van der Waals surface area (Å²) in [7, 11) is 0. The third kappa shape index (κ3) is 2.33. The monoisotopic (exact) mass is 254 g/mol. The molecule has 0 bridgehead atoms. The molecule has 0 aliphatic carbocycles. The van der Waals surface area contributed by atoms with Crippen LogP contribution in [0.1, 0.15) is 31.9 Å². The van der Waals surface area contributed by atoms with Gasteiger partial charge in [-0.05, 0) is 25.0 Å². The molecule has 1 aromatic carbocycles. The number of hydrogen-bond acceptors (Lipinski definition) is 2. The molecule has 1 saturated heterocycles. The van der Waals surface area contributed by atoms with Gasteiger partial charge in [0.25, 0.3) is 0 Å². The molecule has 98 valence electrons. The number of fused-ring (bicyclic) bond motifs is 1. The smallest absolute Gasteiger partial charge is 0.220 e. The lowest BCUT2D eigenvalue weighted by atomic mass is 9.88. The minimum absolute atomic E-state index is 0.0907. The predicted molar refractivity (Wildman–Crippen MR) is 75.8 cm³/mol. The minimum Gasteiger partial charge on any atom is -0.350 e. The summed E-state index contributed by atoms with van der Waals surface area (Å²) in [6.07, 6.45) is 3.32. The van der Waals surface area contributed by atoms with Crippen LogP contribution in [0.15, 0.2) is 36.4 Å². The molecule has 3 heteroatoms. The van der Waals surface area contributed by atoms with Gasteiger partial charge >= 0.3 is 0 Å². The Labute approximate surface area is 113 Å². The number of hydrogen-bond donors (Lipinski definition) is 1. The quantitative estimate of drug-likeness (QED) is 0.915. The van der Waals surface area contributed by atoms with Crippen molar-refractivity contribution in [2.24, 2.45) is 0 Å². The summed E-state index contributed by atoms with van der Waals surface area (Å²) >= 11 is 0. The molecule has 1 fully saturated rings. The molecule has 1 aliphatic heterocycles. The van der Waals surface area contributed by atoms with Crippen molar-refractivity contribution in [1.82, 2.24) is 10.3 Å². The fraction of sp³-hybridized carbons (Fsp3) is 0.375. The van der Waals surface area contributed by atoms with Crippen LogP contribution in [0.3, 0.4) is 0 Å². The minimum atomic E-state index is -0.0907. The number of amides is 1. The average Bonchev–Trinajstić information content (AvgIpc) is 2.80. The summed E-state index contributed by atoms with van der Waals surface area (Å²) < 4.78 is 0. The van der Waals surface area contributed by atoms with E-state index in [-0.39, 0.29) is 11.4 Å². The summed E-state index contributed by atoms with van der Waals surface area (Å²) in [5.41, 5.74) is 1.99. The van der Waals surface area contributed by atoms with Crippen LogP contribution in [0.5, 0.6) is 0 Å². The summed E-state index contributed by atoms with van der Waals surface area (Å²) in [5.74, 6) is 0.169. The van der Waals surface area contributed by atoms with Gasteiger partial charge in [-0.1, -0.05) is 31.2 Å². The van der Waals surface area contributed by atoms with Crippen molar-refractivity contribution in [1.29, 1.82) is 0 Å². The number of rotatable bonds is 3. The van der Waals surface area contributed by atoms with Gasteiger partial charge in [-0.25, -0.2) is 0 Å². The SMILES string of the molecule is CCC1(Cc2ccc3ccccc3n2)CCC(=O)N1. The van der Waals surface area contributed by atoms with Crippen molar-refractivity contribution in [2.45, 2.75) is 38.1 Å². The van der Waals surface area contributed by atoms with Crippen LogP contribution < -0.4 is 5.32 Å². The van der Waals surface area contributed by atoms with Crippen LogP contribution in [0.25, 0.3) is 10.9 Å². The zero-order valence-electron chi connectivity index (χ0n) is 11.1. The summed E-state index contributed by atoms with van der Waals surface area (Å²) in [5, 5.41) is 4.29. The van der Waals surface area contributed by atoms with Gasteiger partial charge < -0.3 is 5.32 Å². The van der Waals surface area contributed by atoms with E-state index < -0.39 is 0 Å². The van der Waals surface area contributed by atoms with Crippen molar-refractivity contribution in [3.8, 4) is 0 Å². The summed E-state index contributed by atoms with van der Waals surface area (Å²) in [4.78, 5) is 16.2. The molecule has 19 heavy (non-hydrogen) atoms. The number of pyridine rings is 1. The lowest BCUT2D eigenvalue weighted by Crippen LogP contribution is -2.43. The number of carbonyl (C=O) groups excluding carboxylic acids is 1. The van der Waals surface area contributed by atoms with E-state index in [2.05, 4.69) is 30.4 Å². The summed E-state index contributed by atoms with van der Waals surface area (Å²) in [6.45, 7) is 2.13. The molecule has 1 N–H and O–H groups in total. The standard InChI is InChI=1S/C16H18N2O/c1-2-16(10-9-15(19)18-16)11-13-8-7-12-5-3-4-6-14(12)17-13/h3-8H,2,9-11H2,1H3,(H,18,19). The van der Waals surface area contributed by atoms with Gasteiger partial charge in [0.05, 0.1) is 5.52 Å². The highest BCUT2D eigenvalue weighted by molar-refractivity contribution is 5.80. The zero-order valence-corrected chi connectivity index (χ0v) is 11.1. The number of nitrogens with zero attached hydrogens (tertiary/aromatic N) is 1. The van der Waals surface area contributed by atoms with E-state index in [1.807, 2.05) is 18.2 Å². The maximum Gasteiger partial charge on any atom is 0.220 e. The number of benzene rings is 1. The van der Waals surface area contributed by atoms with Crippen molar-refractivity contribution in [2.75, 3.05) is 0 Å². The molecular formula is C16H18N2O. The molecule has 1 aliphatic rings. The second kappa shape index (κ2) is 4.65. The van der Waals surface area contributed by atoms with Gasteiger partial charge in [0, 0.05) is 29.5 Å². The Morgan fingerprint density at radius 2 is 2.11 bits per heavy atom. The van der Waals surface area contributed by atoms with Crippen molar-refractivity contribution in [3.63, 3.8) is 0 Å². The number of nitrogens with one attached hydrogen (secondary N) is 1. The molecule has 2 aromatic rings. The molecular weight excluding hydrogens is 236 g/mol. The number of para-hydroxylation sites is 1. The first-order chi connectivity index (χ1) is 9.21. The lowest BCUT2D eigenvalue weighted by molar-refractivity contribution is -0.119. The molecule has 3 nitrogen and oxygen atoms in total. The molecule has 0 spiro atoms. The Hall–Kier alpha value is -1.90. The number of aromatic nitrogens is 1. The molecule has 0 saturated carbocycles. The fourth-order valence-electron chi connectivity index (χ4n) is 2.85. The van der Waals surface area contributed by atoms with Crippen LogP contribution in [0.2, 0.25) is 0 Å². The topological polar surface area (TPSA) is 42.0 Å². The Morgan fingerprint density at radius 1 is 1.26 bits per heavy atom. The highest BCUT2D eigenvalue weighted by Crippen LogP contribution is 2.28. The van der Waals surface area contributed by atoms with Crippen LogP contribution in [0.4, 0.5) is 0 Å². The van der Waals surface area contributed by atoms with E-state index in [0.717, 1.165) is 35.9 Å². The molecule has 0 radical (unpaired) electrons. The predicted octanol–water partition coefficient (Wildman–Crippen LogP) is 2.84. The molecule has 1 aromatic heterocycles. The lowest BCUT2D eigenvalue weighted by Gasteiger charge is -2.27. The first kappa shape index (κ1) is 12.2. The van der Waals surface area contributed by atoms with E-state index >= 15 is 0 Å². The van der Waals surface area contributed by atoms with Crippen molar-refractivity contribution >= 4 is 16.8 Å². The molecule has 2 heterocycles. The van der Waals surface area contributed by atoms with Crippen molar-refractivity contribution in [3.05, 3.63) is 42.1 Å². The van der Waals surface area contributed by atoms with Gasteiger partial charge in [-0.15, -0.1) is 0 Å². The third-order valence-corrected chi connectivity index (χ3v) is 4.09. The van der Waals surface area contributed by atoms with E-state index in [0.29, 0.717) is 6.42 Å². The van der Waals surface area contributed by atoms with Gasteiger partial charge in [0.1, 0.15) is 0 Å². The van der Waals surface area contributed by atoms with Crippen LogP contribution in [-0.2, 0) is 11.2 Å². The highest BCUT2D eigenvalue weighted by atomic mass is 16.2. The fourth-order valence-corrected chi connectivity index (χ4v) is 2.85.